The highest BCUT2D eigenvalue weighted by Crippen LogP contribution is 2.48. The van der Waals surface area contributed by atoms with Gasteiger partial charge in [0.25, 0.3) is 0 Å². The van der Waals surface area contributed by atoms with Crippen LogP contribution in [0.1, 0.15) is 36.8 Å². The van der Waals surface area contributed by atoms with Crippen molar-refractivity contribution in [1.29, 1.82) is 0 Å². The molecule has 1 heterocycles. The lowest BCUT2D eigenvalue weighted by atomic mass is 9.93. The first-order valence-corrected chi connectivity index (χ1v) is 9.99. The summed E-state index contributed by atoms with van der Waals surface area (Å²) in [5, 5.41) is 3.10. The number of nitrogens with zero attached hydrogens (tertiary/aromatic N) is 1. The molecule has 126 valence electrons. The van der Waals surface area contributed by atoms with Crippen molar-refractivity contribution >= 4 is 15.9 Å². The van der Waals surface area contributed by atoms with Gasteiger partial charge in [-0.15, -0.1) is 0 Å². The van der Waals surface area contributed by atoms with Gasteiger partial charge in [0.15, 0.2) is 0 Å². The molecule has 1 aromatic carbocycles. The number of rotatable bonds is 4. The number of aryl methyl sites for hydroxylation is 1. The number of carbonyl (C=O) groups excluding carboxylic acids is 1. The molecule has 1 amide bonds. The highest BCUT2D eigenvalue weighted by Gasteiger charge is 2.51. The molecule has 1 saturated carbocycles. The van der Waals surface area contributed by atoms with E-state index in [1.807, 2.05) is 25.1 Å². The summed E-state index contributed by atoms with van der Waals surface area (Å²) < 4.78 is 24.9. The summed E-state index contributed by atoms with van der Waals surface area (Å²) in [6, 6.07) is 8.03. The van der Waals surface area contributed by atoms with Crippen LogP contribution in [-0.4, -0.2) is 44.0 Å². The molecule has 2 fully saturated rings. The second-order valence-corrected chi connectivity index (χ2v) is 8.87. The number of carbonyl (C=O) groups is 1. The van der Waals surface area contributed by atoms with Gasteiger partial charge in [-0.25, -0.2) is 12.7 Å². The van der Waals surface area contributed by atoms with Crippen molar-refractivity contribution in [2.75, 3.05) is 19.3 Å². The van der Waals surface area contributed by atoms with Crippen LogP contribution in [0.3, 0.4) is 0 Å². The van der Waals surface area contributed by atoms with Gasteiger partial charge >= 0.3 is 0 Å². The number of nitrogens with one attached hydrogen (secondary N) is 1. The normalized spacial score (nSPS) is 24.2. The first-order chi connectivity index (χ1) is 10.8. The van der Waals surface area contributed by atoms with Crippen molar-refractivity contribution in [2.45, 2.75) is 44.1 Å². The molecule has 1 saturated heterocycles. The minimum absolute atomic E-state index is 0.0449. The molecule has 1 N–H and O–H groups in total. The molecule has 0 spiro atoms. The van der Waals surface area contributed by atoms with E-state index in [1.165, 1.54) is 10.6 Å². The average molecular weight is 336 g/mol. The van der Waals surface area contributed by atoms with Crippen LogP contribution in [0.5, 0.6) is 0 Å². The van der Waals surface area contributed by atoms with E-state index < -0.39 is 15.4 Å². The van der Waals surface area contributed by atoms with E-state index in [0.717, 1.165) is 36.8 Å². The van der Waals surface area contributed by atoms with Crippen molar-refractivity contribution in [3.63, 3.8) is 0 Å². The van der Waals surface area contributed by atoms with E-state index in [-0.39, 0.29) is 11.9 Å². The second-order valence-electron chi connectivity index (χ2n) is 6.89. The summed E-state index contributed by atoms with van der Waals surface area (Å²) in [6.07, 6.45) is 4.58. The summed E-state index contributed by atoms with van der Waals surface area (Å²) in [4.78, 5) is 12.8. The molecule has 1 unspecified atom stereocenters. The minimum Gasteiger partial charge on any atom is -0.351 e. The van der Waals surface area contributed by atoms with Gasteiger partial charge in [0, 0.05) is 19.1 Å². The van der Waals surface area contributed by atoms with Crippen molar-refractivity contribution < 1.29 is 13.2 Å². The monoisotopic (exact) mass is 336 g/mol. The standard InChI is InChI=1S/C17H24N2O3S/c1-13-5-3-6-14(11-13)17(8-9-17)16(20)18-15-7-4-10-19(12-15)23(2,21)22/h3,5-6,11,15H,4,7-10,12H2,1-2H3,(H,18,20). The molecule has 6 heteroatoms. The van der Waals surface area contributed by atoms with E-state index in [1.54, 1.807) is 0 Å². The Morgan fingerprint density at radius 3 is 2.70 bits per heavy atom. The van der Waals surface area contributed by atoms with Gasteiger partial charge in [-0.2, -0.15) is 0 Å². The molecule has 1 aliphatic heterocycles. The zero-order chi connectivity index (χ0) is 16.7. The minimum atomic E-state index is -3.19. The third-order valence-corrected chi connectivity index (χ3v) is 6.21. The zero-order valence-corrected chi connectivity index (χ0v) is 14.5. The quantitative estimate of drug-likeness (QED) is 0.907. The van der Waals surface area contributed by atoms with Crippen LogP contribution in [0.4, 0.5) is 0 Å². The number of sulfonamides is 1. The highest BCUT2D eigenvalue weighted by molar-refractivity contribution is 7.88. The Morgan fingerprint density at radius 2 is 2.09 bits per heavy atom. The first kappa shape index (κ1) is 16.5. The largest absolute Gasteiger partial charge is 0.351 e. The number of benzene rings is 1. The molecule has 1 aromatic rings. The fraction of sp³-hybridized carbons (Fsp3) is 0.588. The Bertz CT molecular complexity index is 710. The van der Waals surface area contributed by atoms with Crippen molar-refractivity contribution in [2.24, 2.45) is 0 Å². The summed E-state index contributed by atoms with van der Waals surface area (Å²) >= 11 is 0. The maximum Gasteiger partial charge on any atom is 0.230 e. The summed E-state index contributed by atoms with van der Waals surface area (Å²) in [5.41, 5.74) is 1.83. The SMILES string of the molecule is Cc1cccc(C2(C(=O)NC3CCCN(S(C)(=O)=O)C3)CC2)c1. The number of hydrogen-bond donors (Lipinski definition) is 1. The van der Waals surface area contributed by atoms with Gasteiger partial charge in [-0.3, -0.25) is 4.79 Å². The molecule has 23 heavy (non-hydrogen) atoms. The number of piperidine rings is 1. The summed E-state index contributed by atoms with van der Waals surface area (Å²) in [6.45, 7) is 2.96. The Labute approximate surface area is 138 Å². The van der Waals surface area contributed by atoms with Crippen LogP contribution in [0.15, 0.2) is 24.3 Å². The lowest BCUT2D eigenvalue weighted by molar-refractivity contribution is -0.124. The highest BCUT2D eigenvalue weighted by atomic mass is 32.2. The first-order valence-electron chi connectivity index (χ1n) is 8.14. The van der Waals surface area contributed by atoms with E-state index in [4.69, 9.17) is 0 Å². The lowest BCUT2D eigenvalue weighted by Crippen LogP contribution is -2.51. The van der Waals surface area contributed by atoms with Gasteiger partial charge in [0.1, 0.15) is 0 Å². The smallest absolute Gasteiger partial charge is 0.230 e. The Balaban J connectivity index is 1.70. The van der Waals surface area contributed by atoms with Crippen LogP contribution in [0.2, 0.25) is 0 Å². The van der Waals surface area contributed by atoms with E-state index in [9.17, 15) is 13.2 Å². The topological polar surface area (TPSA) is 66.5 Å². The molecule has 0 aromatic heterocycles. The third-order valence-electron chi connectivity index (χ3n) is 4.94. The molecule has 0 radical (unpaired) electrons. The molecular weight excluding hydrogens is 312 g/mol. The maximum atomic E-state index is 12.8. The fourth-order valence-corrected chi connectivity index (χ4v) is 4.31. The Morgan fingerprint density at radius 1 is 1.35 bits per heavy atom. The van der Waals surface area contributed by atoms with Crippen LogP contribution in [-0.2, 0) is 20.2 Å². The van der Waals surface area contributed by atoms with Crippen LogP contribution in [0.25, 0.3) is 0 Å². The van der Waals surface area contributed by atoms with Crippen LogP contribution in [0, 0.1) is 6.92 Å². The third kappa shape index (κ3) is 3.43. The van der Waals surface area contributed by atoms with Crippen molar-refractivity contribution in [3.05, 3.63) is 35.4 Å². The predicted molar refractivity (Wildman–Crippen MR) is 89.7 cm³/mol. The van der Waals surface area contributed by atoms with E-state index >= 15 is 0 Å². The molecule has 1 atom stereocenters. The van der Waals surface area contributed by atoms with Gasteiger partial charge in [0.2, 0.25) is 15.9 Å². The maximum absolute atomic E-state index is 12.8. The molecule has 3 rings (SSSR count). The van der Waals surface area contributed by atoms with Crippen LogP contribution >= 0.6 is 0 Å². The molecule has 5 nitrogen and oxygen atoms in total. The van der Waals surface area contributed by atoms with Gasteiger partial charge in [-0.05, 0) is 38.2 Å². The molecule has 2 aliphatic rings. The summed E-state index contributed by atoms with van der Waals surface area (Å²) in [7, 11) is -3.19. The average Bonchev–Trinajstić information content (AvgIpc) is 3.28. The zero-order valence-electron chi connectivity index (χ0n) is 13.7. The Hall–Kier alpha value is -1.40. The number of hydrogen-bond acceptors (Lipinski definition) is 3. The van der Waals surface area contributed by atoms with Crippen molar-refractivity contribution in [1.82, 2.24) is 9.62 Å². The van der Waals surface area contributed by atoms with Gasteiger partial charge in [0.05, 0.1) is 11.7 Å². The van der Waals surface area contributed by atoms with Crippen molar-refractivity contribution in [3.8, 4) is 0 Å². The summed E-state index contributed by atoms with van der Waals surface area (Å²) in [5.74, 6) is 0.0449. The van der Waals surface area contributed by atoms with Gasteiger partial charge < -0.3 is 5.32 Å². The second kappa shape index (κ2) is 5.91. The van der Waals surface area contributed by atoms with E-state index in [0.29, 0.717) is 13.1 Å². The van der Waals surface area contributed by atoms with Gasteiger partial charge in [-0.1, -0.05) is 29.8 Å². The fourth-order valence-electron chi connectivity index (χ4n) is 3.40. The predicted octanol–water partition coefficient (Wildman–Crippen LogP) is 1.57. The molecule has 0 bridgehead atoms. The Kier molecular flexibility index (Phi) is 4.23. The van der Waals surface area contributed by atoms with Crippen LogP contribution < -0.4 is 5.32 Å². The lowest BCUT2D eigenvalue weighted by Gasteiger charge is -2.32. The van der Waals surface area contributed by atoms with E-state index in [2.05, 4.69) is 11.4 Å². The number of amides is 1. The molecular formula is C17H24N2O3S. The molecule has 1 aliphatic carbocycles.